The van der Waals surface area contributed by atoms with E-state index in [-0.39, 0.29) is 17.5 Å². The van der Waals surface area contributed by atoms with Crippen LogP contribution in [0.4, 0.5) is 23.7 Å². The van der Waals surface area contributed by atoms with Gasteiger partial charge >= 0.3 is 12.2 Å². The Morgan fingerprint density at radius 2 is 1.72 bits per heavy atom. The molecule has 2 amide bonds. The van der Waals surface area contributed by atoms with E-state index in [1.165, 1.54) is 42.6 Å². The fraction of sp³-hybridized carbons (Fsp3) is 0.409. The van der Waals surface area contributed by atoms with Crippen LogP contribution in [0, 0.1) is 0 Å². The lowest BCUT2D eigenvalue weighted by Gasteiger charge is -2.19. The molecule has 1 aliphatic rings. The van der Waals surface area contributed by atoms with E-state index in [0.717, 1.165) is 17.7 Å². The Morgan fingerprint density at radius 1 is 1.09 bits per heavy atom. The number of nitrogens with zero attached hydrogens (tertiary/aromatic N) is 1. The number of carbonyl (C=O) groups excluding carboxylic acids is 1. The van der Waals surface area contributed by atoms with E-state index in [1.54, 1.807) is 6.07 Å². The molecule has 2 aromatic rings. The van der Waals surface area contributed by atoms with Crippen molar-refractivity contribution in [2.24, 2.45) is 0 Å². The molecule has 0 saturated carbocycles. The predicted octanol–water partition coefficient (Wildman–Crippen LogP) is 4.34. The summed E-state index contributed by atoms with van der Waals surface area (Å²) in [7, 11) is -2.31. The smallest absolute Gasteiger partial charge is 0.337 e. The van der Waals surface area contributed by atoms with Crippen molar-refractivity contribution in [2.45, 2.75) is 44.2 Å². The molecule has 0 unspecified atom stereocenters. The zero-order valence-corrected chi connectivity index (χ0v) is 19.1. The largest absolute Gasteiger partial charge is 0.416 e. The van der Waals surface area contributed by atoms with Gasteiger partial charge in [0.1, 0.15) is 0 Å². The number of fused-ring (bicyclic) bond motifs is 1. The summed E-state index contributed by atoms with van der Waals surface area (Å²) in [4.78, 5) is 14.1. The van der Waals surface area contributed by atoms with Crippen LogP contribution in [0.15, 0.2) is 47.4 Å². The number of rotatable bonds is 5. The number of amides is 2. The Labute approximate surface area is 186 Å². The molecule has 10 heteroatoms. The minimum absolute atomic E-state index is 0.0724. The zero-order valence-electron chi connectivity index (χ0n) is 18.3. The van der Waals surface area contributed by atoms with Crippen molar-refractivity contribution < 1.29 is 26.4 Å². The van der Waals surface area contributed by atoms with Gasteiger partial charge in [0.15, 0.2) is 0 Å². The molecule has 32 heavy (non-hydrogen) atoms. The van der Waals surface area contributed by atoms with E-state index in [9.17, 15) is 26.4 Å². The summed E-state index contributed by atoms with van der Waals surface area (Å²) >= 11 is 0. The first kappa shape index (κ1) is 25.7. The Bertz CT molecular complexity index is 1020. The van der Waals surface area contributed by atoms with Crippen molar-refractivity contribution in [3.05, 3.63) is 59.2 Å². The zero-order chi connectivity index (χ0) is 23.9. The van der Waals surface area contributed by atoms with Crippen molar-refractivity contribution in [1.82, 2.24) is 10.0 Å². The van der Waals surface area contributed by atoms with Crippen LogP contribution in [0.2, 0.25) is 0 Å². The van der Waals surface area contributed by atoms with E-state index in [4.69, 9.17) is 0 Å². The molecule has 1 aliphatic heterocycles. The lowest BCUT2D eigenvalue weighted by Crippen LogP contribution is -2.39. The molecule has 2 aromatic carbocycles. The third kappa shape index (κ3) is 6.46. The van der Waals surface area contributed by atoms with Crippen LogP contribution in [0.25, 0.3) is 0 Å². The molecule has 0 bridgehead atoms. The van der Waals surface area contributed by atoms with Gasteiger partial charge in [-0.3, -0.25) is 4.90 Å². The van der Waals surface area contributed by atoms with Gasteiger partial charge in [-0.1, -0.05) is 38.5 Å². The van der Waals surface area contributed by atoms with Gasteiger partial charge < -0.3 is 5.32 Å². The second-order valence-corrected chi connectivity index (χ2v) is 9.17. The van der Waals surface area contributed by atoms with Crippen LogP contribution in [-0.4, -0.2) is 34.6 Å². The standard InChI is InChI=1S/C19H20F3N3O3S.C3H8/c1-23-29(27,28)16-7-4-14-9-11-25(17(14)12-16)18(26)24-10-8-13-2-5-15(6-3-13)19(20,21)22;1-3-2/h2-7,12,23H,8-11H2,1H3,(H,24,26);3H2,1-2H3. The number of alkyl halides is 3. The van der Waals surface area contributed by atoms with Gasteiger partial charge in [0.2, 0.25) is 10.0 Å². The van der Waals surface area contributed by atoms with Gasteiger partial charge in [-0.25, -0.2) is 17.9 Å². The van der Waals surface area contributed by atoms with Crippen molar-refractivity contribution in [2.75, 3.05) is 25.0 Å². The maximum atomic E-state index is 12.6. The van der Waals surface area contributed by atoms with Gasteiger partial charge in [0.25, 0.3) is 0 Å². The first-order valence-corrected chi connectivity index (χ1v) is 11.8. The summed E-state index contributed by atoms with van der Waals surface area (Å²) in [6, 6.07) is 9.06. The quantitative estimate of drug-likeness (QED) is 0.681. The summed E-state index contributed by atoms with van der Waals surface area (Å²) in [6.45, 7) is 4.91. The average molecular weight is 472 g/mol. The molecule has 0 aromatic heterocycles. The Kier molecular flexibility index (Phi) is 8.68. The van der Waals surface area contributed by atoms with Gasteiger partial charge in [-0.2, -0.15) is 13.2 Å². The lowest BCUT2D eigenvalue weighted by molar-refractivity contribution is -0.137. The Hall–Kier alpha value is -2.59. The highest BCUT2D eigenvalue weighted by atomic mass is 32.2. The minimum atomic E-state index is -4.38. The molecule has 0 spiro atoms. The molecule has 3 rings (SSSR count). The number of halogens is 3. The third-order valence-corrected chi connectivity index (χ3v) is 6.16. The van der Waals surface area contributed by atoms with Gasteiger partial charge in [-0.05, 0) is 55.3 Å². The highest BCUT2D eigenvalue weighted by Gasteiger charge is 2.30. The monoisotopic (exact) mass is 471 g/mol. The summed E-state index contributed by atoms with van der Waals surface area (Å²) in [5.74, 6) is 0. The van der Waals surface area contributed by atoms with Crippen LogP contribution in [0.5, 0.6) is 0 Å². The number of benzene rings is 2. The average Bonchev–Trinajstić information content (AvgIpc) is 3.17. The second-order valence-electron chi connectivity index (χ2n) is 7.28. The van der Waals surface area contributed by atoms with Crippen LogP contribution in [0.1, 0.15) is 37.0 Å². The van der Waals surface area contributed by atoms with Crippen molar-refractivity contribution in [3.63, 3.8) is 0 Å². The Morgan fingerprint density at radius 3 is 2.28 bits per heavy atom. The summed E-state index contributed by atoms with van der Waals surface area (Å²) in [6.07, 6.45) is -2.14. The van der Waals surface area contributed by atoms with Crippen molar-refractivity contribution in [3.8, 4) is 0 Å². The molecule has 0 atom stereocenters. The number of carbonyl (C=O) groups is 1. The van der Waals surface area contributed by atoms with Gasteiger partial charge in [-0.15, -0.1) is 0 Å². The first-order valence-electron chi connectivity index (χ1n) is 10.3. The number of urea groups is 1. The SMILES string of the molecule is CCC.CNS(=O)(=O)c1ccc2c(c1)N(C(=O)NCCc1ccc(C(F)(F)F)cc1)CC2. The van der Waals surface area contributed by atoms with Gasteiger partial charge in [0, 0.05) is 13.1 Å². The summed E-state index contributed by atoms with van der Waals surface area (Å²) in [5, 5.41) is 2.73. The predicted molar refractivity (Wildman–Crippen MR) is 118 cm³/mol. The summed E-state index contributed by atoms with van der Waals surface area (Å²) < 4.78 is 64.0. The lowest BCUT2D eigenvalue weighted by atomic mass is 10.1. The first-order chi connectivity index (χ1) is 15.0. The summed E-state index contributed by atoms with van der Waals surface area (Å²) in [5.41, 5.74) is 1.36. The molecule has 2 N–H and O–H groups in total. The third-order valence-electron chi connectivity index (χ3n) is 4.75. The molecule has 0 saturated heterocycles. The topological polar surface area (TPSA) is 78.5 Å². The van der Waals surface area contributed by atoms with Crippen LogP contribution in [0.3, 0.4) is 0 Å². The number of hydrogen-bond donors (Lipinski definition) is 2. The normalized spacial score (nSPS) is 13.2. The number of sulfonamides is 1. The molecule has 0 fully saturated rings. The van der Waals surface area contributed by atoms with Crippen molar-refractivity contribution >= 4 is 21.7 Å². The van der Waals surface area contributed by atoms with Crippen LogP contribution >= 0.6 is 0 Å². The van der Waals surface area contributed by atoms with Gasteiger partial charge in [0.05, 0.1) is 16.1 Å². The van der Waals surface area contributed by atoms with E-state index in [0.29, 0.717) is 30.6 Å². The van der Waals surface area contributed by atoms with E-state index < -0.39 is 21.8 Å². The second kappa shape index (κ2) is 10.8. The van der Waals surface area contributed by atoms with Crippen LogP contribution < -0.4 is 14.9 Å². The fourth-order valence-electron chi connectivity index (χ4n) is 3.12. The minimum Gasteiger partial charge on any atom is -0.337 e. The van der Waals surface area contributed by atoms with Crippen LogP contribution in [-0.2, 0) is 29.0 Å². The number of nitrogens with one attached hydrogen (secondary N) is 2. The molecule has 0 aliphatic carbocycles. The maximum absolute atomic E-state index is 12.6. The van der Waals surface area contributed by atoms with Crippen molar-refractivity contribution in [1.29, 1.82) is 0 Å². The molecular formula is C22H28F3N3O3S. The fourth-order valence-corrected chi connectivity index (χ4v) is 3.87. The van der Waals surface area contributed by atoms with E-state index in [2.05, 4.69) is 23.9 Å². The molecule has 0 radical (unpaired) electrons. The van der Waals surface area contributed by atoms with E-state index in [1.807, 2.05) is 0 Å². The molecule has 1 heterocycles. The maximum Gasteiger partial charge on any atom is 0.416 e. The highest BCUT2D eigenvalue weighted by Crippen LogP contribution is 2.31. The van der Waals surface area contributed by atoms with E-state index >= 15 is 0 Å². The number of anilines is 1. The highest BCUT2D eigenvalue weighted by molar-refractivity contribution is 7.89. The molecule has 6 nitrogen and oxygen atoms in total. The molecule has 176 valence electrons. The molecular weight excluding hydrogens is 443 g/mol. The number of hydrogen-bond acceptors (Lipinski definition) is 3. The Balaban J connectivity index is 0.00000114.